The molecule has 0 amide bonds. The highest BCUT2D eigenvalue weighted by Gasteiger charge is 2.24. The highest BCUT2D eigenvalue weighted by Crippen LogP contribution is 2.29. The van der Waals surface area contributed by atoms with E-state index in [0.717, 1.165) is 4.60 Å². The molecule has 0 aliphatic rings. The Labute approximate surface area is 109 Å². The Bertz CT molecular complexity index is 360. The standard InChI is InChI=1S/C12H20BrNOSi/c1-11(2,3)16-15-12(4,5)9-6-7-14-10(13)8-9/h6-8H,16H2,1-5H3. The summed E-state index contributed by atoms with van der Waals surface area (Å²) in [5.41, 5.74) is 0.955. The van der Waals surface area contributed by atoms with Crippen LogP contribution in [0.1, 0.15) is 40.2 Å². The summed E-state index contributed by atoms with van der Waals surface area (Å²) >= 11 is 3.39. The minimum atomic E-state index is -0.546. The van der Waals surface area contributed by atoms with E-state index in [1.54, 1.807) is 0 Å². The molecule has 0 unspecified atom stereocenters. The molecule has 1 rings (SSSR count). The van der Waals surface area contributed by atoms with E-state index < -0.39 is 9.76 Å². The minimum absolute atomic E-state index is 0.217. The van der Waals surface area contributed by atoms with Crippen molar-refractivity contribution < 1.29 is 4.43 Å². The molecule has 2 nitrogen and oxygen atoms in total. The lowest BCUT2D eigenvalue weighted by Crippen LogP contribution is -2.27. The second-order valence-corrected chi connectivity index (χ2v) is 9.24. The molecule has 0 aliphatic heterocycles. The van der Waals surface area contributed by atoms with Crippen molar-refractivity contribution in [1.29, 1.82) is 0 Å². The Kier molecular flexibility index (Phi) is 4.32. The first kappa shape index (κ1) is 13.9. The van der Waals surface area contributed by atoms with Gasteiger partial charge >= 0.3 is 0 Å². The van der Waals surface area contributed by atoms with Gasteiger partial charge in [-0.15, -0.1) is 0 Å². The molecule has 0 bridgehead atoms. The summed E-state index contributed by atoms with van der Waals surface area (Å²) in [6.07, 6.45) is 1.81. The summed E-state index contributed by atoms with van der Waals surface area (Å²) in [7, 11) is -0.546. The molecule has 1 aromatic heterocycles. The highest BCUT2D eigenvalue weighted by atomic mass is 79.9. The van der Waals surface area contributed by atoms with Crippen LogP contribution in [0, 0.1) is 0 Å². The average Bonchev–Trinajstić information content (AvgIpc) is 2.14. The van der Waals surface area contributed by atoms with Crippen LogP contribution in [-0.4, -0.2) is 14.7 Å². The van der Waals surface area contributed by atoms with Crippen LogP contribution in [-0.2, 0) is 10.0 Å². The lowest BCUT2D eigenvalue weighted by Gasteiger charge is -2.30. The average molecular weight is 302 g/mol. The molecule has 1 aromatic rings. The summed E-state index contributed by atoms with van der Waals surface area (Å²) in [6.45, 7) is 10.9. The van der Waals surface area contributed by atoms with Gasteiger partial charge < -0.3 is 4.43 Å². The number of hydrogen-bond donors (Lipinski definition) is 0. The fourth-order valence-corrected chi connectivity index (χ4v) is 2.58. The van der Waals surface area contributed by atoms with Gasteiger partial charge in [-0.25, -0.2) is 4.98 Å². The summed E-state index contributed by atoms with van der Waals surface area (Å²) in [5.74, 6) is 0. The van der Waals surface area contributed by atoms with E-state index in [1.165, 1.54) is 5.56 Å². The number of hydrogen-bond acceptors (Lipinski definition) is 2. The van der Waals surface area contributed by atoms with Gasteiger partial charge in [-0.1, -0.05) is 20.8 Å². The molecule has 4 heteroatoms. The molecule has 0 atom stereocenters. The van der Waals surface area contributed by atoms with E-state index in [9.17, 15) is 0 Å². The predicted molar refractivity (Wildman–Crippen MR) is 74.3 cm³/mol. The van der Waals surface area contributed by atoms with Gasteiger partial charge in [0.2, 0.25) is 0 Å². The molecule has 16 heavy (non-hydrogen) atoms. The van der Waals surface area contributed by atoms with Crippen molar-refractivity contribution in [2.45, 2.75) is 45.3 Å². The second kappa shape index (κ2) is 4.98. The van der Waals surface area contributed by atoms with E-state index in [4.69, 9.17) is 4.43 Å². The van der Waals surface area contributed by atoms with Crippen molar-refractivity contribution in [2.75, 3.05) is 0 Å². The summed E-state index contributed by atoms with van der Waals surface area (Å²) in [5, 5.41) is 0.321. The largest absolute Gasteiger partial charge is 0.415 e. The van der Waals surface area contributed by atoms with Crippen LogP contribution in [0.25, 0.3) is 0 Å². The number of aromatic nitrogens is 1. The van der Waals surface area contributed by atoms with Crippen molar-refractivity contribution in [2.24, 2.45) is 0 Å². The molecule has 0 spiro atoms. The van der Waals surface area contributed by atoms with Crippen LogP contribution in [0.5, 0.6) is 0 Å². The van der Waals surface area contributed by atoms with Crippen LogP contribution >= 0.6 is 15.9 Å². The summed E-state index contributed by atoms with van der Waals surface area (Å²) in [4.78, 5) is 4.13. The lowest BCUT2D eigenvalue weighted by atomic mass is 10.0. The third kappa shape index (κ3) is 4.35. The Morgan fingerprint density at radius 3 is 2.38 bits per heavy atom. The van der Waals surface area contributed by atoms with Gasteiger partial charge in [0.05, 0.1) is 5.60 Å². The Morgan fingerprint density at radius 2 is 1.88 bits per heavy atom. The molecule has 0 saturated carbocycles. The third-order valence-corrected chi connectivity index (χ3v) is 4.45. The molecule has 90 valence electrons. The van der Waals surface area contributed by atoms with E-state index >= 15 is 0 Å². The van der Waals surface area contributed by atoms with Crippen LogP contribution in [0.2, 0.25) is 5.04 Å². The maximum Gasteiger partial charge on any atom is 0.168 e. The van der Waals surface area contributed by atoms with E-state index in [0.29, 0.717) is 5.04 Å². The van der Waals surface area contributed by atoms with E-state index in [-0.39, 0.29) is 5.60 Å². The predicted octanol–water partition coefficient (Wildman–Crippen LogP) is 3.40. The van der Waals surface area contributed by atoms with Gasteiger partial charge in [0.25, 0.3) is 0 Å². The third-order valence-electron chi connectivity index (χ3n) is 2.29. The summed E-state index contributed by atoms with van der Waals surface area (Å²) < 4.78 is 6.99. The van der Waals surface area contributed by atoms with Gasteiger partial charge in [0.15, 0.2) is 9.76 Å². The smallest absolute Gasteiger partial charge is 0.168 e. The molecule has 0 N–H and O–H groups in total. The van der Waals surface area contributed by atoms with Crippen molar-refractivity contribution in [1.82, 2.24) is 4.98 Å². The summed E-state index contributed by atoms with van der Waals surface area (Å²) in [6, 6.07) is 4.04. The molecule has 0 radical (unpaired) electrons. The van der Waals surface area contributed by atoms with Gasteiger partial charge in [0, 0.05) is 6.20 Å². The number of rotatable bonds is 3. The van der Waals surface area contributed by atoms with Gasteiger partial charge in [-0.05, 0) is 52.5 Å². The quantitative estimate of drug-likeness (QED) is 0.630. The van der Waals surface area contributed by atoms with Gasteiger partial charge in [-0.3, -0.25) is 0 Å². The van der Waals surface area contributed by atoms with Crippen LogP contribution in [0.15, 0.2) is 22.9 Å². The molecule has 0 aliphatic carbocycles. The molecular formula is C12H20BrNOSi. The van der Waals surface area contributed by atoms with Crippen LogP contribution in [0.4, 0.5) is 0 Å². The Balaban J connectivity index is 2.77. The van der Waals surface area contributed by atoms with Gasteiger partial charge in [-0.2, -0.15) is 0 Å². The van der Waals surface area contributed by atoms with Crippen molar-refractivity contribution in [3.05, 3.63) is 28.5 Å². The number of pyridine rings is 1. The molecule has 0 aromatic carbocycles. The first-order valence-corrected chi connectivity index (χ1v) is 7.54. The topological polar surface area (TPSA) is 22.1 Å². The fourth-order valence-electron chi connectivity index (χ4n) is 1.26. The Morgan fingerprint density at radius 1 is 1.25 bits per heavy atom. The van der Waals surface area contributed by atoms with Gasteiger partial charge in [0.1, 0.15) is 4.60 Å². The first-order valence-electron chi connectivity index (χ1n) is 5.47. The maximum absolute atomic E-state index is 6.13. The normalized spacial score (nSPS) is 13.6. The molecular weight excluding hydrogens is 282 g/mol. The zero-order chi connectivity index (χ0) is 12.4. The van der Waals surface area contributed by atoms with Crippen LogP contribution < -0.4 is 0 Å². The molecule has 0 saturated heterocycles. The van der Waals surface area contributed by atoms with Crippen LogP contribution in [0.3, 0.4) is 0 Å². The number of nitrogens with zero attached hydrogens (tertiary/aromatic N) is 1. The van der Waals surface area contributed by atoms with Crippen molar-refractivity contribution in [3.8, 4) is 0 Å². The Hall–Kier alpha value is -0.193. The SMILES string of the molecule is CC(C)(C)[SiH2]OC(C)(C)c1ccnc(Br)c1. The minimum Gasteiger partial charge on any atom is -0.415 e. The molecule has 1 heterocycles. The molecule has 0 fully saturated rings. The van der Waals surface area contributed by atoms with E-state index in [2.05, 4.69) is 55.5 Å². The fraction of sp³-hybridized carbons (Fsp3) is 0.583. The number of halogens is 1. The highest BCUT2D eigenvalue weighted by molar-refractivity contribution is 9.10. The maximum atomic E-state index is 6.13. The van der Waals surface area contributed by atoms with Crippen molar-refractivity contribution >= 4 is 25.7 Å². The zero-order valence-corrected chi connectivity index (χ0v) is 13.7. The first-order chi connectivity index (χ1) is 7.21. The lowest BCUT2D eigenvalue weighted by molar-refractivity contribution is 0.109. The van der Waals surface area contributed by atoms with Crippen molar-refractivity contribution in [3.63, 3.8) is 0 Å². The zero-order valence-electron chi connectivity index (χ0n) is 10.7. The second-order valence-electron chi connectivity index (χ2n) is 5.73. The van der Waals surface area contributed by atoms with E-state index in [1.807, 2.05) is 18.3 Å². The monoisotopic (exact) mass is 301 g/mol.